The van der Waals surface area contributed by atoms with Gasteiger partial charge in [-0.2, -0.15) is 5.26 Å². The van der Waals surface area contributed by atoms with Crippen LogP contribution >= 0.6 is 11.6 Å². The van der Waals surface area contributed by atoms with Gasteiger partial charge in [-0.25, -0.2) is 9.37 Å². The Morgan fingerprint density at radius 2 is 2.15 bits per heavy atom. The van der Waals surface area contributed by atoms with Crippen molar-refractivity contribution in [1.82, 2.24) is 4.98 Å². The molecule has 1 aromatic heterocycles. The van der Waals surface area contributed by atoms with E-state index in [4.69, 9.17) is 21.6 Å². The number of rotatable bonds is 3. The molecule has 0 unspecified atom stereocenters. The van der Waals surface area contributed by atoms with Crippen LogP contribution in [0.15, 0.2) is 30.3 Å². The maximum atomic E-state index is 13.6. The summed E-state index contributed by atoms with van der Waals surface area (Å²) in [5, 5.41) is 19.1. The van der Waals surface area contributed by atoms with E-state index in [0.717, 1.165) is 18.2 Å². The summed E-state index contributed by atoms with van der Waals surface area (Å²) in [4.78, 5) is 13.7. The van der Waals surface area contributed by atoms with E-state index < -0.39 is 10.7 Å². The number of nitro groups is 1. The average Bonchev–Trinajstić information content (AvgIpc) is 2.40. The van der Waals surface area contributed by atoms with E-state index in [1.54, 1.807) is 6.07 Å². The minimum atomic E-state index is -0.784. The third kappa shape index (κ3) is 2.99. The van der Waals surface area contributed by atoms with Crippen molar-refractivity contribution in [2.75, 3.05) is 0 Å². The molecule has 0 fully saturated rings. The first-order chi connectivity index (χ1) is 9.49. The van der Waals surface area contributed by atoms with Crippen LogP contribution < -0.4 is 4.74 Å². The van der Waals surface area contributed by atoms with Gasteiger partial charge in [0, 0.05) is 0 Å². The van der Waals surface area contributed by atoms with Crippen molar-refractivity contribution in [3.63, 3.8) is 0 Å². The maximum Gasteiger partial charge on any atom is 0.277 e. The highest BCUT2D eigenvalue weighted by Crippen LogP contribution is 2.28. The zero-order chi connectivity index (χ0) is 14.7. The molecule has 1 aromatic carbocycles. The van der Waals surface area contributed by atoms with E-state index in [1.165, 1.54) is 12.1 Å². The molecule has 0 aliphatic carbocycles. The summed E-state index contributed by atoms with van der Waals surface area (Å²) < 4.78 is 18.7. The molecule has 2 rings (SSSR count). The molecule has 0 radical (unpaired) electrons. The summed E-state index contributed by atoms with van der Waals surface area (Å²) in [5.41, 5.74) is -0.200. The molecule has 0 bridgehead atoms. The number of hydrogen-bond acceptors (Lipinski definition) is 5. The Kier molecular flexibility index (Phi) is 3.77. The smallest absolute Gasteiger partial charge is 0.277 e. The molecule has 100 valence electrons. The maximum absolute atomic E-state index is 13.6. The Balaban J connectivity index is 2.35. The number of nitrogens with zero attached hydrogens (tertiary/aromatic N) is 3. The first kappa shape index (κ1) is 13.7. The lowest BCUT2D eigenvalue weighted by Crippen LogP contribution is -1.95. The number of nitriles is 1. The molecule has 0 saturated heterocycles. The number of aromatic nitrogens is 1. The summed E-state index contributed by atoms with van der Waals surface area (Å²) in [6, 6.07) is 7.38. The molecule has 20 heavy (non-hydrogen) atoms. The van der Waals surface area contributed by atoms with Crippen molar-refractivity contribution >= 4 is 17.3 Å². The molecule has 8 heteroatoms. The number of benzene rings is 1. The van der Waals surface area contributed by atoms with Gasteiger partial charge in [-0.1, -0.05) is 11.6 Å². The Bertz CT molecular complexity index is 730. The molecule has 2 aromatic rings. The van der Waals surface area contributed by atoms with Crippen LogP contribution in [-0.4, -0.2) is 9.91 Å². The predicted molar refractivity (Wildman–Crippen MR) is 67.1 cm³/mol. The number of ether oxygens (including phenoxy) is 1. The Morgan fingerprint density at radius 3 is 2.75 bits per heavy atom. The first-order valence-electron chi connectivity index (χ1n) is 5.19. The van der Waals surface area contributed by atoms with E-state index in [2.05, 4.69) is 4.98 Å². The summed E-state index contributed by atoms with van der Waals surface area (Å²) in [6.45, 7) is 0. The Morgan fingerprint density at radius 1 is 1.40 bits per heavy atom. The molecular formula is C12H5ClFN3O3. The van der Waals surface area contributed by atoms with Crippen LogP contribution in [0.1, 0.15) is 5.56 Å². The third-order valence-corrected chi connectivity index (χ3v) is 2.44. The van der Waals surface area contributed by atoms with Gasteiger partial charge in [-0.3, -0.25) is 10.1 Å². The van der Waals surface area contributed by atoms with Gasteiger partial charge in [0.25, 0.3) is 5.69 Å². The van der Waals surface area contributed by atoms with E-state index in [1.807, 2.05) is 0 Å². The lowest BCUT2D eigenvalue weighted by atomic mass is 10.2. The van der Waals surface area contributed by atoms with Crippen molar-refractivity contribution in [2.45, 2.75) is 0 Å². The lowest BCUT2D eigenvalue weighted by molar-refractivity contribution is -0.385. The molecular weight excluding hydrogens is 289 g/mol. The molecule has 6 nitrogen and oxygen atoms in total. The Hall–Kier alpha value is -2.72. The highest BCUT2D eigenvalue weighted by atomic mass is 35.5. The SMILES string of the molecule is N#Cc1ccc(Oc2cc([N+](=O)[O-])cc(Cl)n2)c(F)c1. The van der Waals surface area contributed by atoms with Crippen LogP contribution in [0.25, 0.3) is 0 Å². The Labute approximate surface area is 117 Å². The van der Waals surface area contributed by atoms with E-state index in [0.29, 0.717) is 0 Å². The minimum Gasteiger partial charge on any atom is -0.436 e. The van der Waals surface area contributed by atoms with Crippen LogP contribution in [0.3, 0.4) is 0 Å². The van der Waals surface area contributed by atoms with Crippen molar-refractivity contribution in [1.29, 1.82) is 5.26 Å². The van der Waals surface area contributed by atoms with E-state index in [-0.39, 0.29) is 28.0 Å². The summed E-state index contributed by atoms with van der Waals surface area (Å²) in [5.74, 6) is -1.21. The third-order valence-electron chi connectivity index (χ3n) is 2.24. The second-order valence-corrected chi connectivity index (χ2v) is 3.99. The van der Waals surface area contributed by atoms with Crippen molar-refractivity contribution in [3.05, 3.63) is 57.0 Å². The molecule has 0 saturated carbocycles. The fourth-order valence-electron chi connectivity index (χ4n) is 1.38. The molecule has 0 spiro atoms. The topological polar surface area (TPSA) is 89.0 Å². The van der Waals surface area contributed by atoms with Crippen LogP contribution in [0.2, 0.25) is 5.15 Å². The molecule has 0 atom stereocenters. The number of pyridine rings is 1. The largest absolute Gasteiger partial charge is 0.436 e. The van der Waals surface area contributed by atoms with Gasteiger partial charge in [-0.15, -0.1) is 0 Å². The van der Waals surface area contributed by atoms with Crippen molar-refractivity contribution in [3.8, 4) is 17.7 Å². The average molecular weight is 294 g/mol. The second kappa shape index (κ2) is 5.50. The summed E-state index contributed by atoms with van der Waals surface area (Å²) in [6.07, 6.45) is 0. The van der Waals surface area contributed by atoms with Gasteiger partial charge in [0.2, 0.25) is 5.88 Å². The monoisotopic (exact) mass is 293 g/mol. The van der Waals surface area contributed by atoms with Gasteiger partial charge in [0.05, 0.1) is 28.7 Å². The molecule has 0 N–H and O–H groups in total. The van der Waals surface area contributed by atoms with Gasteiger partial charge >= 0.3 is 0 Å². The van der Waals surface area contributed by atoms with Gasteiger partial charge < -0.3 is 4.74 Å². The fraction of sp³-hybridized carbons (Fsp3) is 0. The van der Waals surface area contributed by atoms with Gasteiger partial charge in [0.15, 0.2) is 11.6 Å². The van der Waals surface area contributed by atoms with Crippen LogP contribution in [-0.2, 0) is 0 Å². The summed E-state index contributed by atoms with van der Waals surface area (Å²) in [7, 11) is 0. The highest BCUT2D eigenvalue weighted by molar-refractivity contribution is 6.29. The highest BCUT2D eigenvalue weighted by Gasteiger charge is 2.13. The minimum absolute atomic E-state index is 0.125. The number of hydrogen-bond donors (Lipinski definition) is 0. The molecule has 1 heterocycles. The van der Waals surface area contributed by atoms with E-state index in [9.17, 15) is 14.5 Å². The zero-order valence-corrected chi connectivity index (χ0v) is 10.5. The molecule has 0 aliphatic rings. The standard InChI is InChI=1S/C12H5ClFN3O3/c13-11-4-8(17(18)19)5-12(16-11)20-10-2-1-7(6-15)3-9(10)14/h1-5H. The van der Waals surface area contributed by atoms with Gasteiger partial charge in [0.1, 0.15) is 5.15 Å². The lowest BCUT2D eigenvalue weighted by Gasteiger charge is -2.06. The molecule has 0 amide bonds. The van der Waals surface area contributed by atoms with Gasteiger partial charge in [-0.05, 0) is 18.2 Å². The van der Waals surface area contributed by atoms with E-state index >= 15 is 0 Å². The molecule has 0 aliphatic heterocycles. The van der Waals surface area contributed by atoms with Crippen molar-refractivity contribution < 1.29 is 14.1 Å². The number of halogens is 2. The van der Waals surface area contributed by atoms with Crippen LogP contribution in [0.4, 0.5) is 10.1 Å². The first-order valence-corrected chi connectivity index (χ1v) is 5.57. The van der Waals surface area contributed by atoms with Crippen molar-refractivity contribution in [2.24, 2.45) is 0 Å². The predicted octanol–water partition coefficient (Wildman–Crippen LogP) is 3.45. The second-order valence-electron chi connectivity index (χ2n) is 3.60. The van der Waals surface area contributed by atoms with Crippen LogP contribution in [0, 0.1) is 27.3 Å². The normalized spacial score (nSPS) is 9.85. The fourth-order valence-corrected chi connectivity index (χ4v) is 1.58. The summed E-state index contributed by atoms with van der Waals surface area (Å²) >= 11 is 5.62. The quantitative estimate of drug-likeness (QED) is 0.491. The zero-order valence-electron chi connectivity index (χ0n) is 9.71. The van der Waals surface area contributed by atoms with Crippen LogP contribution in [0.5, 0.6) is 11.6 Å².